The Kier molecular flexibility index (Phi) is 5.31. The number of methoxy groups -OCH3 is 3. The van der Waals surface area contributed by atoms with Crippen LogP contribution in [0.2, 0.25) is 0 Å². The molecule has 1 aromatic carbocycles. The summed E-state index contributed by atoms with van der Waals surface area (Å²) in [5.41, 5.74) is 6.96. The Morgan fingerprint density at radius 3 is 2.10 bits per heavy atom. The number of benzene rings is 1. The van der Waals surface area contributed by atoms with Gasteiger partial charge in [0.15, 0.2) is 0 Å². The predicted octanol–water partition coefficient (Wildman–Crippen LogP) is 1.88. The van der Waals surface area contributed by atoms with Crippen molar-refractivity contribution in [1.29, 1.82) is 0 Å². The SMILES string of the molecule is COc1cc(OC)c(CN(C)C(CN)C2CC2)c(OC)c1. The molecule has 1 fully saturated rings. The number of nitrogens with two attached hydrogens (primary N) is 1. The van der Waals surface area contributed by atoms with E-state index in [9.17, 15) is 0 Å². The van der Waals surface area contributed by atoms with E-state index in [1.807, 2.05) is 12.1 Å². The summed E-state index contributed by atoms with van der Waals surface area (Å²) in [6, 6.07) is 4.20. The molecule has 1 unspecified atom stereocenters. The highest BCUT2D eigenvalue weighted by molar-refractivity contribution is 5.50. The zero-order chi connectivity index (χ0) is 15.4. The fourth-order valence-corrected chi connectivity index (χ4v) is 2.81. The van der Waals surface area contributed by atoms with Crippen molar-refractivity contribution in [2.24, 2.45) is 11.7 Å². The number of hydrogen-bond donors (Lipinski definition) is 1. The minimum atomic E-state index is 0.418. The standard InChI is InChI=1S/C16H26N2O3/c1-18(14(9-17)11-5-6-11)10-13-15(20-3)7-12(19-2)8-16(13)21-4/h7-8,11,14H,5-6,9-10,17H2,1-4H3. The van der Waals surface area contributed by atoms with Crippen LogP contribution in [0.3, 0.4) is 0 Å². The third-order valence-corrected chi connectivity index (χ3v) is 4.20. The van der Waals surface area contributed by atoms with Gasteiger partial charge in [-0.15, -0.1) is 0 Å². The van der Waals surface area contributed by atoms with Crippen molar-refractivity contribution in [2.45, 2.75) is 25.4 Å². The molecule has 21 heavy (non-hydrogen) atoms. The highest BCUT2D eigenvalue weighted by Crippen LogP contribution is 2.38. The molecule has 118 valence electrons. The zero-order valence-electron chi connectivity index (χ0n) is 13.4. The van der Waals surface area contributed by atoms with Crippen LogP contribution in [0.4, 0.5) is 0 Å². The number of ether oxygens (including phenoxy) is 3. The van der Waals surface area contributed by atoms with Gasteiger partial charge in [0.1, 0.15) is 17.2 Å². The molecule has 1 aromatic rings. The van der Waals surface area contributed by atoms with E-state index in [0.717, 1.165) is 35.3 Å². The average Bonchev–Trinajstić information content (AvgIpc) is 3.32. The summed E-state index contributed by atoms with van der Waals surface area (Å²) in [6.07, 6.45) is 2.56. The monoisotopic (exact) mass is 294 g/mol. The van der Waals surface area contributed by atoms with Crippen LogP contribution in [-0.4, -0.2) is 45.9 Å². The first-order valence-electron chi connectivity index (χ1n) is 7.33. The molecule has 0 spiro atoms. The highest BCUT2D eigenvalue weighted by atomic mass is 16.5. The maximum Gasteiger partial charge on any atom is 0.130 e. The van der Waals surface area contributed by atoms with E-state index < -0.39 is 0 Å². The van der Waals surface area contributed by atoms with Crippen molar-refractivity contribution in [3.05, 3.63) is 17.7 Å². The quantitative estimate of drug-likeness (QED) is 0.793. The van der Waals surface area contributed by atoms with Gasteiger partial charge in [-0.1, -0.05) is 0 Å². The Labute approximate surface area is 127 Å². The van der Waals surface area contributed by atoms with E-state index in [2.05, 4.69) is 11.9 Å². The van der Waals surface area contributed by atoms with Gasteiger partial charge in [0.25, 0.3) is 0 Å². The Morgan fingerprint density at radius 1 is 1.14 bits per heavy atom. The fraction of sp³-hybridized carbons (Fsp3) is 0.625. The van der Waals surface area contributed by atoms with Crippen molar-refractivity contribution < 1.29 is 14.2 Å². The first kappa shape index (κ1) is 15.9. The van der Waals surface area contributed by atoms with Crippen molar-refractivity contribution in [3.63, 3.8) is 0 Å². The summed E-state index contributed by atoms with van der Waals surface area (Å²) in [7, 11) is 7.08. The van der Waals surface area contributed by atoms with E-state index in [0.29, 0.717) is 12.6 Å². The summed E-state index contributed by atoms with van der Waals surface area (Å²) >= 11 is 0. The second kappa shape index (κ2) is 7.00. The summed E-state index contributed by atoms with van der Waals surface area (Å²) in [6.45, 7) is 1.43. The summed E-state index contributed by atoms with van der Waals surface area (Å²) in [4.78, 5) is 2.30. The molecule has 1 aliphatic carbocycles. The normalized spacial score (nSPS) is 15.9. The minimum Gasteiger partial charge on any atom is -0.496 e. The van der Waals surface area contributed by atoms with Crippen LogP contribution >= 0.6 is 0 Å². The molecule has 5 heteroatoms. The molecule has 0 saturated heterocycles. The summed E-state index contributed by atoms with van der Waals surface area (Å²) in [5, 5.41) is 0. The van der Waals surface area contributed by atoms with Crippen LogP contribution in [0, 0.1) is 5.92 Å². The second-order valence-electron chi connectivity index (χ2n) is 5.57. The lowest BCUT2D eigenvalue weighted by Crippen LogP contribution is -2.39. The van der Waals surface area contributed by atoms with Crippen molar-refractivity contribution in [3.8, 4) is 17.2 Å². The number of hydrogen-bond acceptors (Lipinski definition) is 5. The number of nitrogens with zero attached hydrogens (tertiary/aromatic N) is 1. The van der Waals surface area contributed by atoms with Gasteiger partial charge >= 0.3 is 0 Å². The highest BCUT2D eigenvalue weighted by Gasteiger charge is 2.33. The number of rotatable bonds is 8. The van der Waals surface area contributed by atoms with Gasteiger partial charge in [0.05, 0.1) is 26.9 Å². The van der Waals surface area contributed by atoms with E-state index >= 15 is 0 Å². The molecule has 0 radical (unpaired) electrons. The first-order valence-corrected chi connectivity index (χ1v) is 7.33. The van der Waals surface area contributed by atoms with Crippen molar-refractivity contribution in [2.75, 3.05) is 34.9 Å². The molecule has 0 aliphatic heterocycles. The molecule has 1 aliphatic rings. The second-order valence-corrected chi connectivity index (χ2v) is 5.57. The molecular formula is C16H26N2O3. The van der Waals surface area contributed by atoms with Crippen LogP contribution in [0.5, 0.6) is 17.2 Å². The lowest BCUT2D eigenvalue weighted by molar-refractivity contribution is 0.210. The Bertz CT molecular complexity index is 450. The van der Waals surface area contributed by atoms with E-state index in [1.54, 1.807) is 21.3 Å². The van der Waals surface area contributed by atoms with Crippen molar-refractivity contribution >= 4 is 0 Å². The molecule has 1 saturated carbocycles. The van der Waals surface area contributed by atoms with Gasteiger partial charge in [0.2, 0.25) is 0 Å². The Balaban J connectivity index is 2.24. The Morgan fingerprint density at radius 2 is 1.71 bits per heavy atom. The maximum atomic E-state index is 5.93. The van der Waals surface area contributed by atoms with Gasteiger partial charge in [-0.05, 0) is 25.8 Å². The molecule has 0 heterocycles. The van der Waals surface area contributed by atoms with Crippen LogP contribution in [-0.2, 0) is 6.54 Å². The molecule has 0 amide bonds. The fourth-order valence-electron chi connectivity index (χ4n) is 2.81. The minimum absolute atomic E-state index is 0.418. The summed E-state index contributed by atoms with van der Waals surface area (Å²) < 4.78 is 16.3. The lowest BCUT2D eigenvalue weighted by Gasteiger charge is -2.28. The third-order valence-electron chi connectivity index (χ3n) is 4.20. The van der Waals surface area contributed by atoms with Gasteiger partial charge in [-0.25, -0.2) is 0 Å². The van der Waals surface area contributed by atoms with Crippen LogP contribution in [0.25, 0.3) is 0 Å². The largest absolute Gasteiger partial charge is 0.496 e. The van der Waals surface area contributed by atoms with Gasteiger partial charge in [0, 0.05) is 31.3 Å². The number of likely N-dealkylation sites (N-methyl/N-ethyl adjacent to an activating group) is 1. The lowest BCUT2D eigenvalue weighted by atomic mass is 10.1. The van der Waals surface area contributed by atoms with Gasteiger partial charge in [-0.3, -0.25) is 4.90 Å². The average molecular weight is 294 g/mol. The van der Waals surface area contributed by atoms with Gasteiger partial charge in [-0.2, -0.15) is 0 Å². The molecule has 2 N–H and O–H groups in total. The topological polar surface area (TPSA) is 57.0 Å². The smallest absolute Gasteiger partial charge is 0.130 e. The van der Waals surface area contributed by atoms with Crippen molar-refractivity contribution in [1.82, 2.24) is 4.90 Å². The van der Waals surface area contributed by atoms with Gasteiger partial charge < -0.3 is 19.9 Å². The molecule has 1 atom stereocenters. The molecule has 5 nitrogen and oxygen atoms in total. The Hall–Kier alpha value is -1.46. The predicted molar refractivity (Wildman–Crippen MR) is 83.1 cm³/mol. The van der Waals surface area contributed by atoms with Crippen LogP contribution in [0.15, 0.2) is 12.1 Å². The van der Waals surface area contributed by atoms with Crippen LogP contribution < -0.4 is 19.9 Å². The molecule has 0 aromatic heterocycles. The van der Waals surface area contributed by atoms with E-state index in [4.69, 9.17) is 19.9 Å². The van der Waals surface area contributed by atoms with E-state index in [-0.39, 0.29) is 0 Å². The zero-order valence-corrected chi connectivity index (χ0v) is 13.4. The molecular weight excluding hydrogens is 268 g/mol. The maximum absolute atomic E-state index is 5.93. The van der Waals surface area contributed by atoms with E-state index in [1.165, 1.54) is 12.8 Å². The molecule has 2 rings (SSSR count). The third kappa shape index (κ3) is 3.60. The molecule has 0 bridgehead atoms. The summed E-state index contributed by atoms with van der Waals surface area (Å²) in [5.74, 6) is 3.03. The first-order chi connectivity index (χ1) is 10.1. The van der Waals surface area contributed by atoms with Crippen LogP contribution in [0.1, 0.15) is 18.4 Å².